The maximum absolute atomic E-state index is 10.9. The maximum Gasteiger partial charge on any atom is 0.335 e. The van der Waals surface area contributed by atoms with E-state index in [9.17, 15) is 4.79 Å². The van der Waals surface area contributed by atoms with Gasteiger partial charge in [0.15, 0.2) is 0 Å². The Morgan fingerprint density at radius 1 is 0.690 bits per heavy atom. The van der Waals surface area contributed by atoms with Gasteiger partial charge in [-0.3, -0.25) is 0 Å². The second-order valence-corrected chi connectivity index (χ2v) is 8.58. The van der Waals surface area contributed by atoms with Gasteiger partial charge >= 0.3 is 5.97 Å². The summed E-state index contributed by atoms with van der Waals surface area (Å²) >= 11 is 0. The number of anilines is 1. The number of carboxylic acid groups (broad SMARTS) is 1. The Labute approximate surface area is 179 Å². The van der Waals surface area contributed by atoms with Crippen LogP contribution in [0.3, 0.4) is 0 Å². The van der Waals surface area contributed by atoms with E-state index in [1.54, 1.807) is 12.1 Å². The molecule has 0 aliphatic carbocycles. The molecule has 0 radical (unpaired) electrons. The lowest BCUT2D eigenvalue weighted by molar-refractivity contribution is 0.0697. The zero-order chi connectivity index (χ0) is 21.2. The predicted molar refractivity (Wildman–Crippen MR) is 126 cm³/mol. The molecule has 1 aromatic carbocycles. The first-order valence-corrected chi connectivity index (χ1v) is 12.2. The highest BCUT2D eigenvalue weighted by Crippen LogP contribution is 2.16. The zero-order valence-corrected chi connectivity index (χ0v) is 19.1. The lowest BCUT2D eigenvalue weighted by Gasteiger charge is -2.19. The van der Waals surface area contributed by atoms with Gasteiger partial charge in [-0.1, -0.05) is 103 Å². The molecule has 166 valence electrons. The second-order valence-electron chi connectivity index (χ2n) is 8.58. The molecule has 0 aliphatic rings. The highest BCUT2D eigenvalue weighted by Gasteiger charge is 2.04. The number of unbranched alkanes of at least 4 members (excludes halogenated alkanes) is 15. The number of benzene rings is 1. The summed E-state index contributed by atoms with van der Waals surface area (Å²) < 4.78 is 0. The van der Waals surface area contributed by atoms with E-state index in [0.29, 0.717) is 5.56 Å². The zero-order valence-electron chi connectivity index (χ0n) is 19.1. The Bertz CT molecular complexity index is 512. The van der Waals surface area contributed by atoms with Crippen molar-refractivity contribution in [1.29, 1.82) is 0 Å². The summed E-state index contributed by atoms with van der Waals surface area (Å²) in [5.41, 5.74) is 1.44. The largest absolute Gasteiger partial charge is 0.478 e. The maximum atomic E-state index is 10.9. The van der Waals surface area contributed by atoms with Crippen LogP contribution >= 0.6 is 0 Å². The molecule has 0 unspecified atom stereocenters. The van der Waals surface area contributed by atoms with Gasteiger partial charge in [-0.2, -0.15) is 0 Å². The van der Waals surface area contributed by atoms with Crippen molar-refractivity contribution in [1.82, 2.24) is 0 Å². The first-order chi connectivity index (χ1) is 14.1. The molecule has 0 aromatic heterocycles. The van der Waals surface area contributed by atoms with Gasteiger partial charge in [-0.05, 0) is 30.7 Å². The van der Waals surface area contributed by atoms with Crippen molar-refractivity contribution in [2.24, 2.45) is 0 Å². The van der Waals surface area contributed by atoms with E-state index in [1.165, 1.54) is 103 Å². The monoisotopic (exact) mass is 403 g/mol. The summed E-state index contributed by atoms with van der Waals surface area (Å²) in [7, 11) is 2.08. The van der Waals surface area contributed by atoms with Gasteiger partial charge in [-0.25, -0.2) is 4.79 Å². The number of carbonyl (C=O) groups is 1. The van der Waals surface area contributed by atoms with Crippen LogP contribution in [-0.2, 0) is 0 Å². The quantitative estimate of drug-likeness (QED) is 0.237. The molecule has 0 fully saturated rings. The number of carboxylic acids is 1. The van der Waals surface area contributed by atoms with Crippen molar-refractivity contribution < 1.29 is 9.90 Å². The predicted octanol–water partition coefficient (Wildman–Crippen LogP) is 8.08. The van der Waals surface area contributed by atoms with Crippen LogP contribution in [0, 0.1) is 0 Å². The molecule has 0 heterocycles. The van der Waals surface area contributed by atoms with Gasteiger partial charge in [0.25, 0.3) is 0 Å². The molecular formula is C26H45NO2. The van der Waals surface area contributed by atoms with Crippen LogP contribution in [-0.4, -0.2) is 24.7 Å². The Kier molecular flexibility index (Phi) is 15.3. The first kappa shape index (κ1) is 25.5. The summed E-state index contributed by atoms with van der Waals surface area (Å²) in [5.74, 6) is -0.864. The topological polar surface area (TPSA) is 40.5 Å². The fourth-order valence-electron chi connectivity index (χ4n) is 3.88. The van der Waals surface area contributed by atoms with E-state index < -0.39 is 5.97 Å². The van der Waals surface area contributed by atoms with Crippen molar-refractivity contribution in [2.45, 2.75) is 110 Å². The van der Waals surface area contributed by atoms with Gasteiger partial charge in [0, 0.05) is 19.3 Å². The minimum absolute atomic E-state index is 0.351. The first-order valence-electron chi connectivity index (χ1n) is 12.2. The van der Waals surface area contributed by atoms with Crippen molar-refractivity contribution >= 4 is 11.7 Å². The second kappa shape index (κ2) is 17.4. The van der Waals surface area contributed by atoms with Crippen LogP contribution in [0.15, 0.2) is 24.3 Å². The van der Waals surface area contributed by atoms with E-state index in [0.717, 1.165) is 12.2 Å². The van der Waals surface area contributed by atoms with E-state index in [2.05, 4.69) is 18.9 Å². The molecule has 1 N–H and O–H groups in total. The minimum atomic E-state index is -0.864. The summed E-state index contributed by atoms with van der Waals surface area (Å²) in [6.07, 6.45) is 22.3. The average molecular weight is 404 g/mol. The van der Waals surface area contributed by atoms with Crippen molar-refractivity contribution in [3.8, 4) is 0 Å². The standard InChI is InChI=1S/C26H45NO2/c1-3-4-5-6-7-8-9-10-11-12-13-14-15-16-17-18-23-27(2)25-21-19-24(20-22-25)26(28)29/h19-22H,3-18,23H2,1-2H3,(H,28,29). The molecule has 3 heteroatoms. The number of nitrogens with zero attached hydrogens (tertiary/aromatic N) is 1. The van der Waals surface area contributed by atoms with Crippen LogP contribution < -0.4 is 4.90 Å². The van der Waals surface area contributed by atoms with Crippen LogP contribution in [0.5, 0.6) is 0 Å². The van der Waals surface area contributed by atoms with E-state index in [1.807, 2.05) is 12.1 Å². The Morgan fingerprint density at radius 2 is 1.07 bits per heavy atom. The van der Waals surface area contributed by atoms with E-state index >= 15 is 0 Å². The highest BCUT2D eigenvalue weighted by molar-refractivity contribution is 5.88. The van der Waals surface area contributed by atoms with Gasteiger partial charge in [0.2, 0.25) is 0 Å². The SMILES string of the molecule is CCCCCCCCCCCCCCCCCCN(C)c1ccc(C(=O)O)cc1. The number of rotatable bonds is 19. The molecule has 0 spiro atoms. The highest BCUT2D eigenvalue weighted by atomic mass is 16.4. The lowest BCUT2D eigenvalue weighted by atomic mass is 10.0. The molecule has 1 aromatic rings. The Balaban J connectivity index is 1.87. The minimum Gasteiger partial charge on any atom is -0.478 e. The molecule has 29 heavy (non-hydrogen) atoms. The number of aromatic carboxylic acids is 1. The molecule has 0 aliphatic heterocycles. The van der Waals surface area contributed by atoms with Crippen LogP contribution in [0.1, 0.15) is 120 Å². The molecule has 0 bridgehead atoms. The number of hydrogen-bond acceptors (Lipinski definition) is 2. The number of hydrogen-bond donors (Lipinski definition) is 1. The summed E-state index contributed by atoms with van der Waals surface area (Å²) in [6.45, 7) is 3.32. The molecule has 0 saturated heterocycles. The smallest absolute Gasteiger partial charge is 0.335 e. The van der Waals surface area contributed by atoms with E-state index in [4.69, 9.17) is 5.11 Å². The summed E-state index contributed by atoms with van der Waals surface area (Å²) in [4.78, 5) is 13.1. The molecule has 3 nitrogen and oxygen atoms in total. The molecule has 0 atom stereocenters. The third kappa shape index (κ3) is 13.4. The third-order valence-electron chi connectivity index (χ3n) is 5.90. The molecule has 0 saturated carbocycles. The van der Waals surface area contributed by atoms with Crippen molar-refractivity contribution in [3.63, 3.8) is 0 Å². The average Bonchev–Trinajstić information content (AvgIpc) is 2.73. The van der Waals surface area contributed by atoms with Gasteiger partial charge < -0.3 is 10.0 Å². The van der Waals surface area contributed by atoms with Gasteiger partial charge in [0.1, 0.15) is 0 Å². The third-order valence-corrected chi connectivity index (χ3v) is 5.90. The fourth-order valence-corrected chi connectivity index (χ4v) is 3.88. The van der Waals surface area contributed by atoms with Crippen LogP contribution in [0.25, 0.3) is 0 Å². The fraction of sp³-hybridized carbons (Fsp3) is 0.731. The van der Waals surface area contributed by atoms with Gasteiger partial charge in [0.05, 0.1) is 5.56 Å². The van der Waals surface area contributed by atoms with Gasteiger partial charge in [-0.15, -0.1) is 0 Å². The van der Waals surface area contributed by atoms with Crippen molar-refractivity contribution in [2.75, 3.05) is 18.5 Å². The molecule has 1 rings (SSSR count). The Hall–Kier alpha value is -1.51. The lowest BCUT2D eigenvalue weighted by Crippen LogP contribution is -2.18. The Morgan fingerprint density at radius 3 is 1.45 bits per heavy atom. The summed E-state index contributed by atoms with van der Waals surface area (Å²) in [6, 6.07) is 7.16. The van der Waals surface area contributed by atoms with Crippen molar-refractivity contribution in [3.05, 3.63) is 29.8 Å². The molecular weight excluding hydrogens is 358 g/mol. The van der Waals surface area contributed by atoms with Crippen LogP contribution in [0.4, 0.5) is 5.69 Å². The normalized spacial score (nSPS) is 11.0. The van der Waals surface area contributed by atoms with E-state index in [-0.39, 0.29) is 0 Å². The summed E-state index contributed by atoms with van der Waals surface area (Å²) in [5, 5.41) is 8.96. The molecule has 0 amide bonds. The van der Waals surface area contributed by atoms with Crippen LogP contribution in [0.2, 0.25) is 0 Å².